The molecule has 0 saturated carbocycles. The zero-order valence-electron chi connectivity index (χ0n) is 11.5. The third-order valence-corrected chi connectivity index (χ3v) is 3.95. The summed E-state index contributed by atoms with van der Waals surface area (Å²) < 4.78 is 0. The summed E-state index contributed by atoms with van der Waals surface area (Å²) in [5.74, 6) is 2.27. The van der Waals surface area contributed by atoms with Crippen molar-refractivity contribution in [1.82, 2.24) is 0 Å². The van der Waals surface area contributed by atoms with Crippen LogP contribution in [0.25, 0.3) is 0 Å². The van der Waals surface area contributed by atoms with E-state index in [1.807, 2.05) is 0 Å². The minimum Gasteiger partial charge on any atom is -0.382 e. The van der Waals surface area contributed by atoms with Gasteiger partial charge in [-0.25, -0.2) is 0 Å². The molecule has 1 N–H and O–H groups in total. The molecule has 94 valence electrons. The maximum absolute atomic E-state index is 3.75. The first kappa shape index (κ1) is 12.5. The second-order valence-corrected chi connectivity index (χ2v) is 6.12. The first-order chi connectivity index (χ1) is 8.08. The van der Waals surface area contributed by atoms with Gasteiger partial charge in [0.2, 0.25) is 0 Å². The number of anilines is 1. The lowest BCUT2D eigenvalue weighted by atomic mass is 9.79. The number of benzene rings is 1. The van der Waals surface area contributed by atoms with E-state index in [1.54, 1.807) is 0 Å². The van der Waals surface area contributed by atoms with Gasteiger partial charge in [0.1, 0.15) is 0 Å². The Labute approximate surface area is 106 Å². The Hall–Kier alpha value is -0.980. The van der Waals surface area contributed by atoms with Crippen LogP contribution in [-0.2, 0) is 6.42 Å². The molecular weight excluding hydrogens is 206 g/mol. The fourth-order valence-corrected chi connectivity index (χ4v) is 3.23. The van der Waals surface area contributed by atoms with E-state index in [-0.39, 0.29) is 0 Å². The molecule has 3 atom stereocenters. The van der Waals surface area contributed by atoms with Gasteiger partial charge in [-0.15, -0.1) is 0 Å². The Kier molecular flexibility index (Phi) is 3.76. The summed E-state index contributed by atoms with van der Waals surface area (Å²) in [6.07, 6.45) is 2.53. The second-order valence-electron chi connectivity index (χ2n) is 6.12. The van der Waals surface area contributed by atoms with Gasteiger partial charge in [0.05, 0.1) is 0 Å². The molecule has 0 amide bonds. The van der Waals surface area contributed by atoms with E-state index >= 15 is 0 Å². The standard InChI is InChI=1S/C16H25N/c1-11(2)9-12(3)16-13(4)10-14-7-5-6-8-15(14)17-16/h5-8,11-13,16-17H,9-10H2,1-4H3. The molecule has 1 nitrogen and oxygen atoms in total. The highest BCUT2D eigenvalue weighted by Crippen LogP contribution is 2.33. The Bertz CT molecular complexity index is 370. The fourth-order valence-electron chi connectivity index (χ4n) is 3.23. The van der Waals surface area contributed by atoms with Crippen LogP contribution in [0.1, 0.15) is 39.7 Å². The van der Waals surface area contributed by atoms with E-state index < -0.39 is 0 Å². The van der Waals surface area contributed by atoms with Crippen LogP contribution in [0.2, 0.25) is 0 Å². The van der Waals surface area contributed by atoms with E-state index in [4.69, 9.17) is 0 Å². The van der Waals surface area contributed by atoms with E-state index in [1.165, 1.54) is 24.1 Å². The van der Waals surface area contributed by atoms with Gasteiger partial charge in [-0.2, -0.15) is 0 Å². The molecule has 1 heterocycles. The summed E-state index contributed by atoms with van der Waals surface area (Å²) in [5, 5.41) is 3.75. The van der Waals surface area contributed by atoms with Crippen LogP contribution in [0.15, 0.2) is 24.3 Å². The van der Waals surface area contributed by atoms with Crippen molar-refractivity contribution in [2.75, 3.05) is 5.32 Å². The molecule has 0 bridgehead atoms. The maximum atomic E-state index is 3.75. The number of rotatable bonds is 3. The molecule has 1 aliphatic rings. The topological polar surface area (TPSA) is 12.0 Å². The Morgan fingerprint density at radius 1 is 1.24 bits per heavy atom. The highest BCUT2D eigenvalue weighted by molar-refractivity contribution is 5.54. The average molecular weight is 231 g/mol. The first-order valence-corrected chi connectivity index (χ1v) is 6.92. The maximum Gasteiger partial charge on any atom is 0.0375 e. The van der Waals surface area contributed by atoms with Gasteiger partial charge >= 0.3 is 0 Å². The summed E-state index contributed by atoms with van der Waals surface area (Å²) in [7, 11) is 0. The predicted molar refractivity (Wildman–Crippen MR) is 75.3 cm³/mol. The number of fused-ring (bicyclic) bond motifs is 1. The smallest absolute Gasteiger partial charge is 0.0375 e. The first-order valence-electron chi connectivity index (χ1n) is 6.92. The SMILES string of the molecule is CC(C)CC(C)C1Nc2ccccc2CC1C. The van der Waals surface area contributed by atoms with Gasteiger partial charge in [-0.3, -0.25) is 0 Å². The zero-order valence-corrected chi connectivity index (χ0v) is 11.5. The van der Waals surface area contributed by atoms with E-state index in [9.17, 15) is 0 Å². The van der Waals surface area contributed by atoms with Crippen molar-refractivity contribution < 1.29 is 0 Å². The van der Waals surface area contributed by atoms with Crippen LogP contribution >= 0.6 is 0 Å². The van der Waals surface area contributed by atoms with E-state index in [0.717, 1.165) is 17.8 Å². The Morgan fingerprint density at radius 3 is 2.65 bits per heavy atom. The summed E-state index contributed by atoms with van der Waals surface area (Å²) in [4.78, 5) is 0. The fraction of sp³-hybridized carbons (Fsp3) is 0.625. The Balaban J connectivity index is 2.11. The van der Waals surface area contributed by atoms with E-state index in [2.05, 4.69) is 57.3 Å². The average Bonchev–Trinajstić information content (AvgIpc) is 2.27. The molecule has 0 saturated heterocycles. The minimum atomic E-state index is 0.632. The predicted octanol–water partition coefficient (Wildman–Crippen LogP) is 4.34. The number of nitrogens with one attached hydrogen (secondary N) is 1. The third kappa shape index (κ3) is 2.83. The quantitative estimate of drug-likeness (QED) is 0.816. The molecule has 0 fully saturated rings. The number of hydrogen-bond donors (Lipinski definition) is 1. The van der Waals surface area contributed by atoms with Gasteiger partial charge in [0, 0.05) is 11.7 Å². The van der Waals surface area contributed by atoms with Crippen molar-refractivity contribution in [1.29, 1.82) is 0 Å². The highest BCUT2D eigenvalue weighted by atomic mass is 14.9. The van der Waals surface area contributed by atoms with Crippen molar-refractivity contribution in [2.45, 2.75) is 46.6 Å². The summed E-state index contributed by atoms with van der Waals surface area (Å²) in [6, 6.07) is 9.38. The normalized spacial score (nSPS) is 25.2. The van der Waals surface area contributed by atoms with Crippen molar-refractivity contribution in [3.63, 3.8) is 0 Å². The van der Waals surface area contributed by atoms with Gasteiger partial charge in [-0.05, 0) is 42.2 Å². The molecule has 3 unspecified atom stereocenters. The lowest BCUT2D eigenvalue weighted by Crippen LogP contribution is -2.39. The van der Waals surface area contributed by atoms with Crippen LogP contribution in [0.4, 0.5) is 5.69 Å². The molecule has 1 aliphatic heterocycles. The van der Waals surface area contributed by atoms with Gasteiger partial charge in [-0.1, -0.05) is 45.9 Å². The van der Waals surface area contributed by atoms with Crippen LogP contribution in [0.3, 0.4) is 0 Å². The van der Waals surface area contributed by atoms with E-state index in [0.29, 0.717) is 6.04 Å². The van der Waals surface area contributed by atoms with Crippen LogP contribution in [-0.4, -0.2) is 6.04 Å². The summed E-state index contributed by atoms with van der Waals surface area (Å²) >= 11 is 0. The molecule has 1 aromatic carbocycles. The van der Waals surface area contributed by atoms with Gasteiger partial charge in [0.25, 0.3) is 0 Å². The zero-order chi connectivity index (χ0) is 12.4. The largest absolute Gasteiger partial charge is 0.382 e. The summed E-state index contributed by atoms with van der Waals surface area (Å²) in [5.41, 5.74) is 2.83. The lowest BCUT2D eigenvalue weighted by molar-refractivity contribution is 0.312. The monoisotopic (exact) mass is 231 g/mol. The van der Waals surface area contributed by atoms with Crippen molar-refractivity contribution in [3.8, 4) is 0 Å². The van der Waals surface area contributed by atoms with Gasteiger partial charge < -0.3 is 5.32 Å². The minimum absolute atomic E-state index is 0.632. The molecule has 1 heteroatoms. The number of hydrogen-bond acceptors (Lipinski definition) is 1. The molecule has 0 aromatic heterocycles. The molecule has 2 rings (SSSR count). The van der Waals surface area contributed by atoms with Crippen LogP contribution in [0, 0.1) is 17.8 Å². The molecule has 17 heavy (non-hydrogen) atoms. The lowest BCUT2D eigenvalue weighted by Gasteiger charge is -2.37. The molecule has 1 aromatic rings. The number of para-hydroxylation sites is 1. The van der Waals surface area contributed by atoms with Crippen LogP contribution < -0.4 is 5.32 Å². The molecule has 0 spiro atoms. The molecular formula is C16H25N. The Morgan fingerprint density at radius 2 is 1.94 bits per heavy atom. The summed E-state index contributed by atoms with van der Waals surface area (Å²) in [6.45, 7) is 9.41. The van der Waals surface area contributed by atoms with Crippen LogP contribution in [0.5, 0.6) is 0 Å². The van der Waals surface area contributed by atoms with Crippen molar-refractivity contribution >= 4 is 5.69 Å². The van der Waals surface area contributed by atoms with Crippen molar-refractivity contribution in [2.24, 2.45) is 17.8 Å². The second kappa shape index (κ2) is 5.12. The molecule has 0 aliphatic carbocycles. The highest BCUT2D eigenvalue weighted by Gasteiger charge is 2.28. The molecule has 0 radical (unpaired) electrons. The third-order valence-electron chi connectivity index (χ3n) is 3.95. The van der Waals surface area contributed by atoms with Crippen molar-refractivity contribution in [3.05, 3.63) is 29.8 Å². The van der Waals surface area contributed by atoms with Gasteiger partial charge in [0.15, 0.2) is 0 Å².